The zero-order valence-corrected chi connectivity index (χ0v) is 11.1. The zero-order chi connectivity index (χ0) is 13.8. The van der Waals surface area contributed by atoms with Crippen LogP contribution in [0.15, 0.2) is 18.2 Å². The number of rotatable bonds is 4. The average Bonchev–Trinajstić information content (AvgIpc) is 2.41. The summed E-state index contributed by atoms with van der Waals surface area (Å²) in [7, 11) is 0. The Labute approximate surface area is 112 Å². The van der Waals surface area contributed by atoms with E-state index < -0.39 is 0 Å². The van der Waals surface area contributed by atoms with E-state index >= 15 is 0 Å². The molecule has 5 nitrogen and oxygen atoms in total. The lowest BCUT2D eigenvalue weighted by Gasteiger charge is -2.31. The molecule has 2 N–H and O–H groups in total. The van der Waals surface area contributed by atoms with Crippen molar-refractivity contribution in [2.75, 3.05) is 11.9 Å². The smallest absolute Gasteiger partial charge is 0.292 e. The summed E-state index contributed by atoms with van der Waals surface area (Å²) in [4.78, 5) is 10.7. The minimum atomic E-state index is -0.355. The van der Waals surface area contributed by atoms with Crippen molar-refractivity contribution in [1.82, 2.24) is 0 Å². The molecule has 2 rings (SSSR count). The van der Waals surface area contributed by atoms with Gasteiger partial charge < -0.3 is 10.4 Å². The summed E-state index contributed by atoms with van der Waals surface area (Å²) < 4.78 is 0. The van der Waals surface area contributed by atoms with E-state index in [1.54, 1.807) is 6.07 Å². The van der Waals surface area contributed by atoms with Crippen molar-refractivity contribution in [3.05, 3.63) is 33.9 Å². The molecule has 104 valence electrons. The number of anilines is 1. The van der Waals surface area contributed by atoms with Crippen molar-refractivity contribution in [1.29, 1.82) is 0 Å². The third-order valence-electron chi connectivity index (χ3n) is 3.92. The quantitative estimate of drug-likeness (QED) is 0.647. The number of para-hydroxylation sites is 1. The van der Waals surface area contributed by atoms with Crippen molar-refractivity contribution >= 4 is 11.4 Å². The minimum Gasteiger partial charge on any atom is -0.396 e. The summed E-state index contributed by atoms with van der Waals surface area (Å²) in [5.74, 6) is 0.188. The van der Waals surface area contributed by atoms with E-state index in [4.69, 9.17) is 0 Å². The van der Waals surface area contributed by atoms with Gasteiger partial charge in [-0.25, -0.2) is 0 Å². The molecule has 1 fully saturated rings. The van der Waals surface area contributed by atoms with Crippen molar-refractivity contribution in [2.45, 2.75) is 38.6 Å². The van der Waals surface area contributed by atoms with Crippen LogP contribution >= 0.6 is 0 Å². The summed E-state index contributed by atoms with van der Waals surface area (Å²) in [5.41, 5.74) is 1.58. The SMILES string of the molecule is Cc1cccc([N+](=O)[O-])c1NC1CCCCC1CO. The van der Waals surface area contributed by atoms with Crippen LogP contribution in [0.2, 0.25) is 0 Å². The highest BCUT2D eigenvalue weighted by Gasteiger charge is 2.27. The molecule has 0 amide bonds. The number of nitro groups is 1. The summed E-state index contributed by atoms with van der Waals surface area (Å²) >= 11 is 0. The number of hydrogen-bond acceptors (Lipinski definition) is 4. The van der Waals surface area contributed by atoms with E-state index in [1.807, 2.05) is 13.0 Å². The maximum absolute atomic E-state index is 11.1. The fourth-order valence-electron chi connectivity index (χ4n) is 2.79. The number of nitrogens with one attached hydrogen (secondary N) is 1. The van der Waals surface area contributed by atoms with Crippen LogP contribution in [-0.2, 0) is 0 Å². The molecular weight excluding hydrogens is 244 g/mol. The molecule has 0 bridgehead atoms. The Morgan fingerprint density at radius 3 is 2.84 bits per heavy atom. The van der Waals surface area contributed by atoms with Crippen LogP contribution in [0.3, 0.4) is 0 Å². The first kappa shape index (κ1) is 13.8. The van der Waals surface area contributed by atoms with Gasteiger partial charge in [-0.05, 0) is 25.3 Å². The summed E-state index contributed by atoms with van der Waals surface area (Å²) in [6.07, 6.45) is 4.16. The van der Waals surface area contributed by atoms with Gasteiger partial charge in [0.15, 0.2) is 0 Å². The second-order valence-electron chi connectivity index (χ2n) is 5.20. The first-order chi connectivity index (χ1) is 9.13. The zero-order valence-electron chi connectivity index (χ0n) is 11.1. The van der Waals surface area contributed by atoms with Gasteiger partial charge >= 0.3 is 0 Å². The second kappa shape index (κ2) is 6.02. The molecule has 0 heterocycles. The molecule has 0 radical (unpaired) electrons. The fourth-order valence-corrected chi connectivity index (χ4v) is 2.79. The van der Waals surface area contributed by atoms with Crippen LogP contribution in [0.1, 0.15) is 31.2 Å². The monoisotopic (exact) mass is 264 g/mol. The van der Waals surface area contributed by atoms with Crippen LogP contribution in [0.5, 0.6) is 0 Å². The summed E-state index contributed by atoms with van der Waals surface area (Å²) in [5, 5.41) is 23.8. The Morgan fingerprint density at radius 2 is 2.16 bits per heavy atom. The molecule has 0 aromatic heterocycles. The van der Waals surface area contributed by atoms with Crippen LogP contribution in [-0.4, -0.2) is 22.7 Å². The maximum atomic E-state index is 11.1. The van der Waals surface area contributed by atoms with Gasteiger partial charge in [-0.15, -0.1) is 0 Å². The van der Waals surface area contributed by atoms with Crippen LogP contribution in [0.4, 0.5) is 11.4 Å². The van der Waals surface area contributed by atoms with E-state index in [0.717, 1.165) is 31.2 Å². The first-order valence-electron chi connectivity index (χ1n) is 6.75. The maximum Gasteiger partial charge on any atom is 0.292 e. The van der Waals surface area contributed by atoms with E-state index in [-0.39, 0.29) is 29.2 Å². The Hall–Kier alpha value is -1.62. The predicted molar refractivity (Wildman–Crippen MR) is 74.3 cm³/mol. The lowest BCUT2D eigenvalue weighted by atomic mass is 9.85. The molecule has 2 unspecified atom stereocenters. The normalized spacial score (nSPS) is 23.1. The third-order valence-corrected chi connectivity index (χ3v) is 3.92. The Bertz CT molecular complexity index is 462. The number of hydrogen-bond donors (Lipinski definition) is 2. The first-order valence-corrected chi connectivity index (χ1v) is 6.75. The minimum absolute atomic E-state index is 0.113. The number of benzene rings is 1. The lowest BCUT2D eigenvalue weighted by Crippen LogP contribution is -2.34. The largest absolute Gasteiger partial charge is 0.396 e. The molecule has 1 saturated carbocycles. The Balaban J connectivity index is 2.24. The van der Waals surface area contributed by atoms with Gasteiger partial charge in [-0.1, -0.05) is 25.0 Å². The Kier molecular flexibility index (Phi) is 4.37. The van der Waals surface area contributed by atoms with Crippen LogP contribution < -0.4 is 5.32 Å². The van der Waals surface area contributed by atoms with E-state index in [9.17, 15) is 15.2 Å². The third kappa shape index (κ3) is 3.04. The number of nitro benzene ring substituents is 1. The Morgan fingerprint density at radius 1 is 1.42 bits per heavy atom. The average molecular weight is 264 g/mol. The standard InChI is InChI=1S/C14H20N2O3/c1-10-5-4-8-13(16(18)19)14(10)15-12-7-3-2-6-11(12)9-17/h4-5,8,11-12,15,17H,2-3,6-7,9H2,1H3. The molecule has 1 aromatic carbocycles. The fraction of sp³-hybridized carbons (Fsp3) is 0.571. The van der Waals surface area contributed by atoms with Gasteiger partial charge in [-0.2, -0.15) is 0 Å². The van der Waals surface area contributed by atoms with Gasteiger partial charge in [0.2, 0.25) is 0 Å². The second-order valence-corrected chi connectivity index (χ2v) is 5.20. The molecule has 1 aromatic rings. The van der Waals surface area contributed by atoms with E-state index in [0.29, 0.717) is 5.69 Å². The lowest BCUT2D eigenvalue weighted by molar-refractivity contribution is -0.384. The molecular formula is C14H20N2O3. The highest BCUT2D eigenvalue weighted by atomic mass is 16.6. The summed E-state index contributed by atoms with van der Waals surface area (Å²) in [6, 6.07) is 5.21. The van der Waals surface area contributed by atoms with Crippen molar-refractivity contribution in [3.63, 3.8) is 0 Å². The highest BCUT2D eigenvalue weighted by Crippen LogP contribution is 2.33. The van der Waals surface area contributed by atoms with Gasteiger partial charge in [0.1, 0.15) is 5.69 Å². The van der Waals surface area contributed by atoms with Crippen molar-refractivity contribution in [2.24, 2.45) is 5.92 Å². The number of aryl methyl sites for hydroxylation is 1. The van der Waals surface area contributed by atoms with Crippen LogP contribution in [0, 0.1) is 23.0 Å². The van der Waals surface area contributed by atoms with Crippen LogP contribution in [0.25, 0.3) is 0 Å². The van der Waals surface area contributed by atoms with E-state index in [1.165, 1.54) is 6.07 Å². The number of aliphatic hydroxyl groups excluding tert-OH is 1. The number of aliphatic hydroxyl groups is 1. The molecule has 19 heavy (non-hydrogen) atoms. The molecule has 5 heteroatoms. The van der Waals surface area contributed by atoms with E-state index in [2.05, 4.69) is 5.32 Å². The molecule has 0 aliphatic heterocycles. The number of nitrogens with zero attached hydrogens (tertiary/aromatic N) is 1. The van der Waals surface area contributed by atoms with Gasteiger partial charge in [-0.3, -0.25) is 10.1 Å². The van der Waals surface area contributed by atoms with Crippen molar-refractivity contribution in [3.8, 4) is 0 Å². The highest BCUT2D eigenvalue weighted by molar-refractivity contribution is 5.66. The summed E-state index contributed by atoms with van der Waals surface area (Å²) in [6.45, 7) is 2.00. The van der Waals surface area contributed by atoms with Gasteiger partial charge in [0, 0.05) is 24.6 Å². The topological polar surface area (TPSA) is 75.4 Å². The molecule has 2 atom stereocenters. The van der Waals surface area contributed by atoms with Gasteiger partial charge in [0.25, 0.3) is 5.69 Å². The molecule has 0 spiro atoms. The van der Waals surface area contributed by atoms with Gasteiger partial charge in [0.05, 0.1) is 4.92 Å². The van der Waals surface area contributed by atoms with Crippen molar-refractivity contribution < 1.29 is 10.0 Å². The predicted octanol–water partition coefficient (Wildman–Crippen LogP) is 2.87. The molecule has 0 saturated heterocycles. The molecule has 1 aliphatic carbocycles. The molecule has 1 aliphatic rings.